The fourth-order valence-corrected chi connectivity index (χ4v) is 2.18. The van der Waals surface area contributed by atoms with E-state index in [4.69, 9.17) is 28.3 Å². The standard InChI is InChI=1S/C13H8Cl2N2O4/c14-8-1-2-10(15)9(4-8)7-3-12(17(20)21)11(16-6-7)5-13(18)19/h1-4,6H,5H2,(H,18,19). The van der Waals surface area contributed by atoms with Gasteiger partial charge in [-0.3, -0.25) is 19.9 Å². The topological polar surface area (TPSA) is 93.3 Å². The molecule has 21 heavy (non-hydrogen) atoms. The number of carbonyl (C=O) groups is 1. The second kappa shape index (κ2) is 6.07. The van der Waals surface area contributed by atoms with Crippen molar-refractivity contribution < 1.29 is 14.8 Å². The van der Waals surface area contributed by atoms with Crippen molar-refractivity contribution in [2.24, 2.45) is 0 Å². The summed E-state index contributed by atoms with van der Waals surface area (Å²) in [5.74, 6) is -1.20. The summed E-state index contributed by atoms with van der Waals surface area (Å²) in [4.78, 5) is 24.9. The second-order valence-corrected chi connectivity index (χ2v) is 4.99. The molecule has 0 saturated carbocycles. The highest BCUT2D eigenvalue weighted by Crippen LogP contribution is 2.32. The van der Waals surface area contributed by atoms with Gasteiger partial charge in [0.15, 0.2) is 0 Å². The number of aliphatic carboxylic acids is 1. The van der Waals surface area contributed by atoms with E-state index in [2.05, 4.69) is 4.98 Å². The lowest BCUT2D eigenvalue weighted by Gasteiger charge is -2.06. The van der Waals surface area contributed by atoms with Gasteiger partial charge in [-0.15, -0.1) is 0 Å². The number of hydrogen-bond donors (Lipinski definition) is 1. The van der Waals surface area contributed by atoms with Crippen LogP contribution in [-0.2, 0) is 11.2 Å². The summed E-state index contributed by atoms with van der Waals surface area (Å²) < 4.78 is 0. The monoisotopic (exact) mass is 326 g/mol. The fraction of sp³-hybridized carbons (Fsp3) is 0.0769. The van der Waals surface area contributed by atoms with E-state index in [0.717, 1.165) is 0 Å². The van der Waals surface area contributed by atoms with E-state index in [0.29, 0.717) is 21.2 Å². The molecule has 6 nitrogen and oxygen atoms in total. The zero-order chi connectivity index (χ0) is 15.6. The molecule has 0 spiro atoms. The lowest BCUT2D eigenvalue weighted by atomic mass is 10.1. The number of nitrogens with zero attached hydrogens (tertiary/aromatic N) is 2. The second-order valence-electron chi connectivity index (χ2n) is 4.14. The zero-order valence-electron chi connectivity index (χ0n) is 10.4. The predicted molar refractivity (Wildman–Crippen MR) is 77.7 cm³/mol. The minimum atomic E-state index is -1.20. The smallest absolute Gasteiger partial charge is 0.309 e. The van der Waals surface area contributed by atoms with Crippen molar-refractivity contribution >= 4 is 34.9 Å². The summed E-state index contributed by atoms with van der Waals surface area (Å²) in [6.07, 6.45) is 0.808. The highest BCUT2D eigenvalue weighted by molar-refractivity contribution is 6.35. The first kappa shape index (κ1) is 15.2. The van der Waals surface area contributed by atoms with E-state index in [1.807, 2.05) is 0 Å². The Morgan fingerprint density at radius 3 is 2.67 bits per heavy atom. The van der Waals surface area contributed by atoms with Crippen LogP contribution < -0.4 is 0 Å². The average molecular weight is 327 g/mol. The quantitative estimate of drug-likeness (QED) is 0.684. The molecular weight excluding hydrogens is 319 g/mol. The molecule has 0 unspecified atom stereocenters. The van der Waals surface area contributed by atoms with Crippen molar-refractivity contribution in [3.05, 3.63) is 56.3 Å². The minimum Gasteiger partial charge on any atom is -0.481 e. The highest BCUT2D eigenvalue weighted by atomic mass is 35.5. The van der Waals surface area contributed by atoms with Crippen molar-refractivity contribution in [3.8, 4) is 11.1 Å². The van der Waals surface area contributed by atoms with Gasteiger partial charge in [-0.2, -0.15) is 0 Å². The van der Waals surface area contributed by atoms with Gasteiger partial charge in [-0.1, -0.05) is 23.2 Å². The van der Waals surface area contributed by atoms with Crippen molar-refractivity contribution in [2.75, 3.05) is 0 Å². The van der Waals surface area contributed by atoms with Crippen LogP contribution in [0.2, 0.25) is 10.0 Å². The maximum atomic E-state index is 11.1. The molecule has 0 fully saturated rings. The van der Waals surface area contributed by atoms with Gasteiger partial charge in [-0.25, -0.2) is 0 Å². The van der Waals surface area contributed by atoms with Crippen LogP contribution in [0.5, 0.6) is 0 Å². The van der Waals surface area contributed by atoms with Crippen molar-refractivity contribution in [1.29, 1.82) is 0 Å². The Morgan fingerprint density at radius 2 is 2.05 bits per heavy atom. The Morgan fingerprint density at radius 1 is 1.33 bits per heavy atom. The van der Waals surface area contributed by atoms with Crippen LogP contribution in [0.1, 0.15) is 5.69 Å². The van der Waals surface area contributed by atoms with Gasteiger partial charge in [0.25, 0.3) is 5.69 Å². The first-order valence-corrected chi connectivity index (χ1v) is 6.44. The summed E-state index contributed by atoms with van der Waals surface area (Å²) in [6, 6.07) is 5.95. The Kier molecular flexibility index (Phi) is 4.40. The number of hydrogen-bond acceptors (Lipinski definition) is 4. The van der Waals surface area contributed by atoms with Crippen molar-refractivity contribution in [1.82, 2.24) is 4.98 Å². The summed E-state index contributed by atoms with van der Waals surface area (Å²) in [6.45, 7) is 0. The lowest BCUT2D eigenvalue weighted by molar-refractivity contribution is -0.385. The molecule has 2 aromatic rings. The molecular formula is C13H8Cl2N2O4. The van der Waals surface area contributed by atoms with Crippen molar-refractivity contribution in [2.45, 2.75) is 6.42 Å². The average Bonchev–Trinajstić information content (AvgIpc) is 2.41. The summed E-state index contributed by atoms with van der Waals surface area (Å²) in [5.41, 5.74) is 0.394. The molecule has 2 rings (SSSR count). The lowest BCUT2D eigenvalue weighted by Crippen LogP contribution is -2.06. The third-order valence-corrected chi connectivity index (χ3v) is 3.27. The van der Waals surface area contributed by atoms with Gasteiger partial charge in [0.05, 0.1) is 11.3 Å². The summed E-state index contributed by atoms with van der Waals surface area (Å²) in [5, 5.41) is 20.6. The van der Waals surface area contributed by atoms with Crippen LogP contribution in [0.25, 0.3) is 11.1 Å². The van der Waals surface area contributed by atoms with Gasteiger partial charge in [0.2, 0.25) is 0 Å². The molecule has 0 atom stereocenters. The number of halogens is 2. The molecule has 0 radical (unpaired) electrons. The third kappa shape index (κ3) is 3.48. The first-order chi connectivity index (χ1) is 9.88. The predicted octanol–water partition coefficient (Wildman–Crippen LogP) is 3.59. The largest absolute Gasteiger partial charge is 0.481 e. The molecule has 1 aromatic carbocycles. The molecule has 0 amide bonds. The first-order valence-electron chi connectivity index (χ1n) is 5.69. The molecule has 1 aromatic heterocycles. The minimum absolute atomic E-state index is 0.116. The van der Waals surface area contributed by atoms with Crippen LogP contribution in [0.15, 0.2) is 30.5 Å². The van der Waals surface area contributed by atoms with Crippen molar-refractivity contribution in [3.63, 3.8) is 0 Å². The maximum Gasteiger partial charge on any atom is 0.309 e. The van der Waals surface area contributed by atoms with Gasteiger partial charge >= 0.3 is 5.97 Å². The van der Waals surface area contributed by atoms with E-state index >= 15 is 0 Å². The van der Waals surface area contributed by atoms with E-state index in [1.54, 1.807) is 18.2 Å². The van der Waals surface area contributed by atoms with E-state index in [1.165, 1.54) is 12.3 Å². The van der Waals surface area contributed by atoms with E-state index in [9.17, 15) is 14.9 Å². The molecule has 0 saturated heterocycles. The molecule has 0 aliphatic rings. The van der Waals surface area contributed by atoms with Gasteiger partial charge in [-0.05, 0) is 18.2 Å². The number of carboxylic acid groups (broad SMARTS) is 1. The molecule has 8 heteroatoms. The SMILES string of the molecule is O=C(O)Cc1ncc(-c2cc(Cl)ccc2Cl)cc1[N+](=O)[O-]. The van der Waals surface area contributed by atoms with Crippen LogP contribution in [0.4, 0.5) is 5.69 Å². The highest BCUT2D eigenvalue weighted by Gasteiger charge is 2.20. The Hall–Kier alpha value is -2.18. The molecule has 0 bridgehead atoms. The molecule has 108 valence electrons. The van der Waals surface area contributed by atoms with Crippen LogP contribution >= 0.6 is 23.2 Å². The third-order valence-electron chi connectivity index (χ3n) is 2.70. The van der Waals surface area contributed by atoms with Gasteiger partial charge < -0.3 is 5.11 Å². The van der Waals surface area contributed by atoms with Crippen LogP contribution in [-0.4, -0.2) is 21.0 Å². The van der Waals surface area contributed by atoms with Gasteiger partial charge in [0, 0.05) is 33.4 Å². The number of nitro groups is 1. The number of pyridine rings is 1. The number of benzene rings is 1. The molecule has 0 aliphatic heterocycles. The number of aromatic nitrogens is 1. The number of carboxylic acids is 1. The summed E-state index contributed by atoms with van der Waals surface area (Å²) >= 11 is 11.9. The van der Waals surface area contributed by atoms with Crippen LogP contribution in [0.3, 0.4) is 0 Å². The normalized spacial score (nSPS) is 10.4. The molecule has 1 heterocycles. The maximum absolute atomic E-state index is 11.1. The van der Waals surface area contributed by atoms with E-state index in [-0.39, 0.29) is 11.4 Å². The van der Waals surface area contributed by atoms with Crippen LogP contribution in [0, 0.1) is 10.1 Å². The fourth-order valence-electron chi connectivity index (χ4n) is 1.79. The molecule has 1 N–H and O–H groups in total. The Bertz CT molecular complexity index is 734. The Balaban J connectivity index is 2.56. The van der Waals surface area contributed by atoms with E-state index < -0.39 is 17.3 Å². The molecule has 0 aliphatic carbocycles. The summed E-state index contributed by atoms with van der Waals surface area (Å²) in [7, 11) is 0. The Labute approximate surface area is 129 Å². The zero-order valence-corrected chi connectivity index (χ0v) is 11.9. The van der Waals surface area contributed by atoms with Gasteiger partial charge in [0.1, 0.15) is 5.69 Å². The number of rotatable bonds is 4.